The van der Waals surface area contributed by atoms with Gasteiger partial charge in [-0.15, -0.1) is 15.0 Å². The maximum absolute atomic E-state index is 11.3. The number of hydrogen-bond donors (Lipinski definition) is 1. The van der Waals surface area contributed by atoms with Crippen LogP contribution >= 0.6 is 0 Å². The lowest BCUT2D eigenvalue weighted by atomic mass is 10.1. The molecule has 0 aliphatic heterocycles. The summed E-state index contributed by atoms with van der Waals surface area (Å²) in [5.74, 6) is -0.567. The fourth-order valence-electron chi connectivity index (χ4n) is 2.11. The standard InChI is InChI=1S/C15H12N4O2/c1-10-6-5-9-12(15(20)21)13(10)19-17-14(16-18-19)11-7-3-2-4-8-11/h2-9H,1H3,(H,20,21). The highest BCUT2D eigenvalue weighted by atomic mass is 16.4. The van der Waals surface area contributed by atoms with Crippen LogP contribution in [0.15, 0.2) is 48.5 Å². The van der Waals surface area contributed by atoms with Gasteiger partial charge in [0.25, 0.3) is 0 Å². The largest absolute Gasteiger partial charge is 0.478 e. The molecule has 0 amide bonds. The van der Waals surface area contributed by atoms with Crippen molar-refractivity contribution in [3.8, 4) is 17.1 Å². The zero-order chi connectivity index (χ0) is 14.8. The number of hydrogen-bond acceptors (Lipinski definition) is 4. The number of rotatable bonds is 3. The smallest absolute Gasteiger partial charge is 0.337 e. The van der Waals surface area contributed by atoms with Gasteiger partial charge in [-0.05, 0) is 23.8 Å². The summed E-state index contributed by atoms with van der Waals surface area (Å²) in [5.41, 5.74) is 2.17. The maximum atomic E-state index is 11.3. The van der Waals surface area contributed by atoms with Crippen LogP contribution in [0.4, 0.5) is 0 Å². The zero-order valence-corrected chi connectivity index (χ0v) is 11.3. The second kappa shape index (κ2) is 5.16. The van der Waals surface area contributed by atoms with Crippen LogP contribution < -0.4 is 0 Å². The summed E-state index contributed by atoms with van der Waals surface area (Å²) in [7, 11) is 0. The van der Waals surface area contributed by atoms with Crippen molar-refractivity contribution >= 4 is 5.97 Å². The molecule has 0 saturated carbocycles. The Balaban J connectivity index is 2.11. The number of tetrazole rings is 1. The number of nitrogens with zero attached hydrogens (tertiary/aromatic N) is 4. The first kappa shape index (κ1) is 13.0. The predicted octanol–water partition coefficient (Wildman–Crippen LogP) is 2.34. The Hall–Kier alpha value is -3.02. The number of aryl methyl sites for hydroxylation is 1. The normalized spacial score (nSPS) is 10.5. The van der Waals surface area contributed by atoms with E-state index in [2.05, 4.69) is 15.4 Å². The van der Waals surface area contributed by atoms with Gasteiger partial charge >= 0.3 is 5.97 Å². The van der Waals surface area contributed by atoms with Crippen LogP contribution in [0.1, 0.15) is 15.9 Å². The molecule has 21 heavy (non-hydrogen) atoms. The second-order valence-electron chi connectivity index (χ2n) is 4.54. The third-order valence-corrected chi connectivity index (χ3v) is 3.11. The molecule has 0 radical (unpaired) electrons. The Labute approximate surface area is 120 Å². The summed E-state index contributed by atoms with van der Waals surface area (Å²) in [6.45, 7) is 1.81. The van der Waals surface area contributed by atoms with Crippen LogP contribution in [0.25, 0.3) is 17.1 Å². The number of benzene rings is 2. The molecule has 0 fully saturated rings. The minimum absolute atomic E-state index is 0.145. The van der Waals surface area contributed by atoms with Crippen LogP contribution in [0.3, 0.4) is 0 Å². The lowest BCUT2D eigenvalue weighted by Gasteiger charge is -2.06. The van der Waals surface area contributed by atoms with E-state index in [1.807, 2.05) is 43.3 Å². The van der Waals surface area contributed by atoms with Crippen molar-refractivity contribution in [3.63, 3.8) is 0 Å². The molecule has 1 N–H and O–H groups in total. The summed E-state index contributed by atoms with van der Waals surface area (Å²) < 4.78 is 0. The molecule has 0 unspecified atom stereocenters. The maximum Gasteiger partial charge on any atom is 0.337 e. The lowest BCUT2D eigenvalue weighted by molar-refractivity contribution is 0.0696. The van der Waals surface area contributed by atoms with Crippen molar-refractivity contribution in [2.45, 2.75) is 6.92 Å². The summed E-state index contributed by atoms with van der Waals surface area (Å²) in [5, 5.41) is 21.5. The van der Waals surface area contributed by atoms with Gasteiger partial charge in [0.1, 0.15) is 5.69 Å². The average Bonchev–Trinajstić information content (AvgIpc) is 2.97. The van der Waals surface area contributed by atoms with E-state index in [1.165, 1.54) is 10.9 Å². The zero-order valence-electron chi connectivity index (χ0n) is 11.3. The molecule has 0 aliphatic rings. The molecule has 0 aliphatic carbocycles. The Bertz CT molecular complexity index is 796. The minimum Gasteiger partial charge on any atom is -0.478 e. The topological polar surface area (TPSA) is 80.9 Å². The van der Waals surface area contributed by atoms with Gasteiger partial charge in [0, 0.05) is 5.56 Å². The van der Waals surface area contributed by atoms with Crippen LogP contribution in [-0.4, -0.2) is 31.3 Å². The summed E-state index contributed by atoms with van der Waals surface area (Å²) in [4.78, 5) is 12.6. The van der Waals surface area contributed by atoms with E-state index in [4.69, 9.17) is 0 Å². The van der Waals surface area contributed by atoms with E-state index < -0.39 is 5.97 Å². The molecule has 0 spiro atoms. The van der Waals surface area contributed by atoms with E-state index in [9.17, 15) is 9.90 Å². The van der Waals surface area contributed by atoms with E-state index in [0.717, 1.165) is 11.1 Å². The number of carboxylic acids is 1. The fraction of sp³-hybridized carbons (Fsp3) is 0.0667. The molecule has 0 atom stereocenters. The molecule has 1 heterocycles. The molecular weight excluding hydrogens is 268 g/mol. The number of aromatic carboxylic acids is 1. The SMILES string of the molecule is Cc1cccc(C(=O)O)c1-n1nnc(-c2ccccc2)n1. The van der Waals surface area contributed by atoms with E-state index in [-0.39, 0.29) is 5.56 Å². The molecule has 6 nitrogen and oxygen atoms in total. The molecule has 0 bridgehead atoms. The second-order valence-corrected chi connectivity index (χ2v) is 4.54. The van der Waals surface area contributed by atoms with Crippen LogP contribution in [0.2, 0.25) is 0 Å². The Morgan fingerprint density at radius 2 is 1.86 bits per heavy atom. The number of aromatic nitrogens is 4. The molecule has 2 aromatic carbocycles. The van der Waals surface area contributed by atoms with Crippen LogP contribution in [0, 0.1) is 6.92 Å². The van der Waals surface area contributed by atoms with Gasteiger partial charge < -0.3 is 5.11 Å². The van der Waals surface area contributed by atoms with Crippen LogP contribution in [-0.2, 0) is 0 Å². The average molecular weight is 280 g/mol. The molecule has 6 heteroatoms. The molecule has 3 aromatic rings. The predicted molar refractivity (Wildman–Crippen MR) is 76.3 cm³/mol. The first-order chi connectivity index (χ1) is 10.2. The summed E-state index contributed by atoms with van der Waals surface area (Å²) >= 11 is 0. The van der Waals surface area contributed by atoms with Crippen molar-refractivity contribution in [3.05, 3.63) is 59.7 Å². The lowest BCUT2D eigenvalue weighted by Crippen LogP contribution is -2.10. The summed E-state index contributed by atoms with van der Waals surface area (Å²) in [6, 6.07) is 14.4. The fourth-order valence-corrected chi connectivity index (χ4v) is 2.11. The highest BCUT2D eigenvalue weighted by molar-refractivity contribution is 5.92. The Kier molecular flexibility index (Phi) is 3.19. The van der Waals surface area contributed by atoms with E-state index in [1.54, 1.807) is 6.07 Å². The van der Waals surface area contributed by atoms with Gasteiger partial charge in [-0.25, -0.2) is 4.79 Å². The molecule has 1 aromatic heterocycles. The van der Waals surface area contributed by atoms with Gasteiger partial charge in [-0.3, -0.25) is 0 Å². The van der Waals surface area contributed by atoms with Gasteiger partial charge in [0.2, 0.25) is 5.82 Å². The molecular formula is C15H12N4O2. The van der Waals surface area contributed by atoms with Crippen molar-refractivity contribution in [2.75, 3.05) is 0 Å². The molecule has 104 valence electrons. The van der Waals surface area contributed by atoms with Crippen molar-refractivity contribution < 1.29 is 9.90 Å². The third kappa shape index (κ3) is 2.38. The van der Waals surface area contributed by atoms with Crippen molar-refractivity contribution in [2.24, 2.45) is 0 Å². The Morgan fingerprint density at radius 1 is 1.10 bits per heavy atom. The quantitative estimate of drug-likeness (QED) is 0.796. The minimum atomic E-state index is -1.02. The number of para-hydroxylation sites is 1. The molecule has 0 saturated heterocycles. The molecule has 3 rings (SSSR count). The first-order valence-electron chi connectivity index (χ1n) is 6.35. The van der Waals surface area contributed by atoms with Crippen molar-refractivity contribution in [1.82, 2.24) is 20.2 Å². The third-order valence-electron chi connectivity index (χ3n) is 3.11. The number of carboxylic acid groups (broad SMARTS) is 1. The number of carbonyl (C=O) groups is 1. The van der Waals surface area contributed by atoms with Gasteiger partial charge in [0.15, 0.2) is 0 Å². The van der Waals surface area contributed by atoms with Gasteiger partial charge in [-0.2, -0.15) is 0 Å². The Morgan fingerprint density at radius 3 is 2.57 bits per heavy atom. The van der Waals surface area contributed by atoms with Crippen molar-refractivity contribution in [1.29, 1.82) is 0 Å². The van der Waals surface area contributed by atoms with E-state index in [0.29, 0.717) is 11.5 Å². The highest BCUT2D eigenvalue weighted by Gasteiger charge is 2.16. The monoisotopic (exact) mass is 280 g/mol. The van der Waals surface area contributed by atoms with Gasteiger partial charge in [-0.1, -0.05) is 42.5 Å². The van der Waals surface area contributed by atoms with Crippen LogP contribution in [0.5, 0.6) is 0 Å². The van der Waals surface area contributed by atoms with Gasteiger partial charge in [0.05, 0.1) is 5.56 Å². The first-order valence-corrected chi connectivity index (χ1v) is 6.35. The summed E-state index contributed by atoms with van der Waals surface area (Å²) in [6.07, 6.45) is 0. The highest BCUT2D eigenvalue weighted by Crippen LogP contribution is 2.19. The van der Waals surface area contributed by atoms with E-state index >= 15 is 0 Å².